The molecule has 0 aliphatic rings. The molecular weight excluding hydrogens is 300 g/mol. The van der Waals surface area contributed by atoms with Gasteiger partial charge < -0.3 is 4.98 Å². The molecule has 3 aromatic rings. The number of para-hydroxylation sites is 1. The quantitative estimate of drug-likeness (QED) is 0.735. The van der Waals surface area contributed by atoms with E-state index in [2.05, 4.69) is 29.1 Å². The zero-order valence-corrected chi connectivity index (χ0v) is 13.3. The highest BCUT2D eigenvalue weighted by molar-refractivity contribution is 6.33. The van der Waals surface area contributed by atoms with Crippen molar-refractivity contribution in [1.29, 1.82) is 0 Å². The molecule has 3 rings (SSSR count). The number of halogens is 1. The molecule has 0 unspecified atom stereocenters. The molecule has 0 saturated carbocycles. The van der Waals surface area contributed by atoms with E-state index in [1.807, 2.05) is 12.1 Å². The third-order valence-corrected chi connectivity index (χ3v) is 4.16. The maximum atomic E-state index is 11.4. The van der Waals surface area contributed by atoms with Gasteiger partial charge in [-0.3, -0.25) is 14.4 Å². The average Bonchev–Trinajstić information content (AvgIpc) is 3.01. The van der Waals surface area contributed by atoms with E-state index in [1.54, 1.807) is 22.8 Å². The van der Waals surface area contributed by atoms with E-state index in [1.165, 1.54) is 10.9 Å². The Morgan fingerprint density at radius 1 is 1.41 bits per heavy atom. The zero-order chi connectivity index (χ0) is 15.7. The number of aromatic nitrogens is 3. The van der Waals surface area contributed by atoms with Crippen LogP contribution in [0.25, 0.3) is 10.9 Å². The first-order valence-corrected chi connectivity index (χ1v) is 7.45. The van der Waals surface area contributed by atoms with E-state index in [9.17, 15) is 4.79 Å². The Bertz CT molecular complexity index is 801. The first-order chi connectivity index (χ1) is 10.6. The van der Waals surface area contributed by atoms with Crippen molar-refractivity contribution in [3.05, 3.63) is 46.7 Å². The maximum absolute atomic E-state index is 11.4. The summed E-state index contributed by atoms with van der Waals surface area (Å²) in [6.07, 6.45) is 3.09. The van der Waals surface area contributed by atoms with Gasteiger partial charge in [0.1, 0.15) is 5.02 Å². The lowest BCUT2D eigenvalue weighted by atomic mass is 10.1. The van der Waals surface area contributed by atoms with Gasteiger partial charge in [-0.05, 0) is 25.0 Å². The third kappa shape index (κ3) is 2.48. The molecule has 0 bridgehead atoms. The van der Waals surface area contributed by atoms with Crippen LogP contribution in [-0.4, -0.2) is 27.7 Å². The van der Waals surface area contributed by atoms with Gasteiger partial charge in [-0.1, -0.05) is 29.8 Å². The second kappa shape index (κ2) is 5.85. The predicted molar refractivity (Wildman–Crippen MR) is 88.4 cm³/mol. The lowest BCUT2D eigenvalue weighted by Gasteiger charge is -2.18. The Labute approximate surface area is 133 Å². The average molecular weight is 317 g/mol. The van der Waals surface area contributed by atoms with Crippen molar-refractivity contribution >= 4 is 34.7 Å². The molecule has 1 N–H and O–H groups in total. The summed E-state index contributed by atoms with van der Waals surface area (Å²) >= 11 is 6.12. The van der Waals surface area contributed by atoms with E-state index < -0.39 is 0 Å². The number of H-pyrrole nitrogens is 1. The molecule has 2 heterocycles. The number of hydrogen-bond donors (Lipinski definition) is 1. The number of anilines is 1. The van der Waals surface area contributed by atoms with Crippen LogP contribution in [0, 0.1) is 6.92 Å². The van der Waals surface area contributed by atoms with Crippen molar-refractivity contribution < 1.29 is 4.79 Å². The van der Waals surface area contributed by atoms with Gasteiger partial charge in [0.05, 0.1) is 6.20 Å². The lowest BCUT2D eigenvalue weighted by Crippen LogP contribution is -2.26. The fourth-order valence-corrected chi connectivity index (χ4v) is 3.10. The Balaban J connectivity index is 1.87. The number of carbonyl (C=O) groups excluding carboxylic acids is 1. The number of aromatic amines is 1. The van der Waals surface area contributed by atoms with Gasteiger partial charge in [0.2, 0.25) is 6.41 Å². The molecule has 1 amide bonds. The largest absolute Gasteiger partial charge is 0.358 e. The number of nitrogens with one attached hydrogen (secondary N) is 1. The van der Waals surface area contributed by atoms with E-state index in [0.29, 0.717) is 17.4 Å². The van der Waals surface area contributed by atoms with Crippen LogP contribution in [-0.2, 0) is 18.3 Å². The van der Waals surface area contributed by atoms with Crippen molar-refractivity contribution in [2.24, 2.45) is 7.05 Å². The minimum Gasteiger partial charge on any atom is -0.358 e. The summed E-state index contributed by atoms with van der Waals surface area (Å²) in [4.78, 5) is 16.4. The van der Waals surface area contributed by atoms with Crippen molar-refractivity contribution in [2.75, 3.05) is 11.4 Å². The molecule has 0 saturated heterocycles. The maximum Gasteiger partial charge on any atom is 0.215 e. The molecule has 0 aliphatic carbocycles. The van der Waals surface area contributed by atoms with Crippen molar-refractivity contribution in [1.82, 2.24) is 14.8 Å². The minimum atomic E-state index is 0.477. The number of nitrogens with zero attached hydrogens (tertiary/aromatic N) is 3. The van der Waals surface area contributed by atoms with Gasteiger partial charge in [0, 0.05) is 30.2 Å². The number of benzene rings is 1. The molecular formula is C16H17ClN4O. The summed E-state index contributed by atoms with van der Waals surface area (Å²) < 4.78 is 1.61. The summed E-state index contributed by atoms with van der Waals surface area (Å²) in [5.74, 6) is 0.620. The van der Waals surface area contributed by atoms with Crippen LogP contribution in [0.15, 0.2) is 30.5 Å². The van der Waals surface area contributed by atoms with E-state index in [-0.39, 0.29) is 0 Å². The molecule has 5 nitrogen and oxygen atoms in total. The Hall–Kier alpha value is -2.27. The van der Waals surface area contributed by atoms with Gasteiger partial charge in [-0.15, -0.1) is 0 Å². The van der Waals surface area contributed by atoms with Gasteiger partial charge in [0.25, 0.3) is 0 Å². The van der Waals surface area contributed by atoms with Crippen LogP contribution in [0.1, 0.15) is 11.3 Å². The SMILES string of the molecule is Cc1[nH]c2ccccc2c1CCN(C=O)c1c(Cl)cnn1C. The first kappa shape index (κ1) is 14.7. The number of aryl methyl sites for hydroxylation is 2. The van der Waals surface area contributed by atoms with Gasteiger partial charge in [-0.2, -0.15) is 5.10 Å². The van der Waals surface area contributed by atoms with Crippen LogP contribution in [0.3, 0.4) is 0 Å². The second-order valence-corrected chi connectivity index (χ2v) is 5.67. The highest BCUT2D eigenvalue weighted by Crippen LogP contribution is 2.26. The smallest absolute Gasteiger partial charge is 0.215 e. The Kier molecular flexibility index (Phi) is 3.90. The number of hydrogen-bond acceptors (Lipinski definition) is 2. The van der Waals surface area contributed by atoms with Crippen molar-refractivity contribution in [3.63, 3.8) is 0 Å². The standard InChI is InChI=1S/C16H17ClN4O/c1-11-12(13-5-3-4-6-15(13)19-11)7-8-21(10-22)16-14(17)9-18-20(16)2/h3-6,9-10,19H,7-8H2,1-2H3. The summed E-state index contributed by atoms with van der Waals surface area (Å²) in [6.45, 7) is 2.60. The Morgan fingerprint density at radius 2 is 2.18 bits per heavy atom. The normalized spacial score (nSPS) is 11.0. The molecule has 0 radical (unpaired) electrons. The molecule has 114 valence electrons. The van der Waals surface area contributed by atoms with Crippen LogP contribution in [0.4, 0.5) is 5.82 Å². The number of rotatable bonds is 5. The van der Waals surface area contributed by atoms with Crippen LogP contribution in [0.2, 0.25) is 5.02 Å². The molecule has 0 spiro atoms. The van der Waals surface area contributed by atoms with Crippen LogP contribution >= 0.6 is 11.6 Å². The highest BCUT2D eigenvalue weighted by Gasteiger charge is 2.16. The number of carbonyl (C=O) groups is 1. The molecule has 6 heteroatoms. The summed E-state index contributed by atoms with van der Waals surface area (Å²) in [6, 6.07) is 8.18. The molecule has 0 fully saturated rings. The number of amides is 1. The molecule has 22 heavy (non-hydrogen) atoms. The zero-order valence-electron chi connectivity index (χ0n) is 12.5. The molecule has 0 aliphatic heterocycles. The lowest BCUT2D eigenvalue weighted by molar-refractivity contribution is -0.107. The van der Waals surface area contributed by atoms with Crippen molar-refractivity contribution in [2.45, 2.75) is 13.3 Å². The molecule has 2 aromatic heterocycles. The van der Waals surface area contributed by atoms with Gasteiger partial charge in [0.15, 0.2) is 5.82 Å². The third-order valence-electron chi connectivity index (χ3n) is 3.89. The van der Waals surface area contributed by atoms with E-state index in [4.69, 9.17) is 11.6 Å². The minimum absolute atomic E-state index is 0.477. The van der Waals surface area contributed by atoms with E-state index in [0.717, 1.165) is 24.0 Å². The van der Waals surface area contributed by atoms with Crippen LogP contribution in [0.5, 0.6) is 0 Å². The first-order valence-electron chi connectivity index (χ1n) is 7.07. The summed E-state index contributed by atoms with van der Waals surface area (Å²) in [5.41, 5.74) is 3.47. The van der Waals surface area contributed by atoms with Gasteiger partial charge >= 0.3 is 0 Å². The topological polar surface area (TPSA) is 53.9 Å². The summed E-state index contributed by atoms with van der Waals surface area (Å²) in [7, 11) is 1.77. The highest BCUT2D eigenvalue weighted by atomic mass is 35.5. The Morgan fingerprint density at radius 3 is 2.86 bits per heavy atom. The number of fused-ring (bicyclic) bond motifs is 1. The second-order valence-electron chi connectivity index (χ2n) is 5.26. The monoisotopic (exact) mass is 316 g/mol. The summed E-state index contributed by atoms with van der Waals surface area (Å²) in [5, 5.41) is 5.75. The fourth-order valence-electron chi connectivity index (χ4n) is 2.83. The van der Waals surface area contributed by atoms with Crippen LogP contribution < -0.4 is 4.90 Å². The molecule has 1 aromatic carbocycles. The van der Waals surface area contributed by atoms with E-state index >= 15 is 0 Å². The fraction of sp³-hybridized carbons (Fsp3) is 0.250. The van der Waals surface area contributed by atoms with Crippen molar-refractivity contribution in [3.8, 4) is 0 Å². The molecule has 0 atom stereocenters. The predicted octanol–water partition coefficient (Wildman–Crippen LogP) is 3.07. The van der Waals surface area contributed by atoms with Gasteiger partial charge in [-0.25, -0.2) is 0 Å².